The first-order valence-corrected chi connectivity index (χ1v) is 7.74. The molecule has 1 saturated heterocycles. The molecule has 1 aliphatic heterocycles. The molecule has 1 aromatic heterocycles. The fraction of sp³-hybridized carbons (Fsp3) is 0.688. The molecule has 0 radical (unpaired) electrons. The van der Waals surface area contributed by atoms with Crippen molar-refractivity contribution in [1.29, 1.82) is 0 Å². The summed E-state index contributed by atoms with van der Waals surface area (Å²) < 4.78 is 5.57. The molecule has 0 aliphatic carbocycles. The van der Waals surface area contributed by atoms with Crippen molar-refractivity contribution >= 4 is 5.82 Å². The fourth-order valence-corrected chi connectivity index (χ4v) is 2.74. The zero-order chi connectivity index (χ0) is 14.2. The summed E-state index contributed by atoms with van der Waals surface area (Å²) >= 11 is 0. The Kier molecular flexibility index (Phi) is 6.27. The number of ether oxygens (including phenoxy) is 1. The van der Waals surface area contributed by atoms with Gasteiger partial charge in [-0.3, -0.25) is 0 Å². The van der Waals surface area contributed by atoms with Crippen molar-refractivity contribution in [2.24, 2.45) is 5.92 Å². The van der Waals surface area contributed by atoms with Crippen LogP contribution in [0.3, 0.4) is 0 Å². The lowest BCUT2D eigenvalue weighted by atomic mass is 10.0. The van der Waals surface area contributed by atoms with Crippen LogP contribution in [0, 0.1) is 5.92 Å². The molecule has 1 N–H and O–H groups in total. The number of nitrogens with zero attached hydrogens (tertiary/aromatic N) is 2. The predicted molar refractivity (Wildman–Crippen MR) is 83.0 cm³/mol. The molecule has 112 valence electrons. The second-order valence-corrected chi connectivity index (χ2v) is 5.63. The molecule has 1 unspecified atom stereocenters. The maximum atomic E-state index is 5.57. The third kappa shape index (κ3) is 4.46. The Bertz CT molecular complexity index is 391. The fourth-order valence-electron chi connectivity index (χ4n) is 2.74. The summed E-state index contributed by atoms with van der Waals surface area (Å²) in [4.78, 5) is 6.85. The Balaban J connectivity index is 1.95. The molecule has 2 heterocycles. The van der Waals surface area contributed by atoms with Crippen LogP contribution in [-0.2, 0) is 11.3 Å². The standard InChI is InChI=1S/C16H27N3O/c1-3-8-17-11-15-7-4-9-18-16(15)19(2)12-14-6-5-10-20-13-14/h4,7,9,14,17H,3,5-6,8,10-13H2,1-2H3. The molecule has 0 aromatic carbocycles. The van der Waals surface area contributed by atoms with Gasteiger partial charge in [-0.25, -0.2) is 4.98 Å². The molecule has 4 nitrogen and oxygen atoms in total. The largest absolute Gasteiger partial charge is 0.381 e. The van der Waals surface area contributed by atoms with E-state index in [9.17, 15) is 0 Å². The first-order chi connectivity index (χ1) is 9.81. The van der Waals surface area contributed by atoms with Crippen LogP contribution in [0.4, 0.5) is 5.82 Å². The summed E-state index contributed by atoms with van der Waals surface area (Å²) in [5.74, 6) is 1.73. The number of nitrogens with one attached hydrogen (secondary N) is 1. The molecule has 0 saturated carbocycles. The topological polar surface area (TPSA) is 37.4 Å². The van der Waals surface area contributed by atoms with Crippen molar-refractivity contribution in [3.8, 4) is 0 Å². The molecule has 1 aliphatic rings. The van der Waals surface area contributed by atoms with Crippen LogP contribution in [0.15, 0.2) is 18.3 Å². The maximum absolute atomic E-state index is 5.57. The summed E-state index contributed by atoms with van der Waals surface area (Å²) in [6.07, 6.45) is 5.49. The average molecular weight is 277 g/mol. The molecule has 1 fully saturated rings. The maximum Gasteiger partial charge on any atom is 0.132 e. The van der Waals surface area contributed by atoms with Gasteiger partial charge < -0.3 is 15.0 Å². The van der Waals surface area contributed by atoms with E-state index in [1.165, 1.54) is 18.4 Å². The van der Waals surface area contributed by atoms with Gasteiger partial charge in [0.1, 0.15) is 5.82 Å². The molecule has 1 aromatic rings. The molecule has 0 amide bonds. The average Bonchev–Trinajstić information content (AvgIpc) is 2.49. The lowest BCUT2D eigenvalue weighted by Gasteiger charge is -2.28. The second-order valence-electron chi connectivity index (χ2n) is 5.63. The summed E-state index contributed by atoms with van der Waals surface area (Å²) in [6.45, 7) is 6.97. The van der Waals surface area contributed by atoms with Gasteiger partial charge in [0.05, 0.1) is 6.61 Å². The van der Waals surface area contributed by atoms with Crippen molar-refractivity contribution in [2.75, 3.05) is 38.3 Å². The second kappa shape index (κ2) is 8.22. The number of pyridine rings is 1. The summed E-state index contributed by atoms with van der Waals surface area (Å²) in [7, 11) is 2.14. The Morgan fingerprint density at radius 3 is 3.15 bits per heavy atom. The van der Waals surface area contributed by atoms with Crippen LogP contribution in [0.1, 0.15) is 31.7 Å². The highest BCUT2D eigenvalue weighted by atomic mass is 16.5. The van der Waals surface area contributed by atoms with Crippen molar-refractivity contribution in [1.82, 2.24) is 10.3 Å². The molecule has 1 atom stereocenters. The first kappa shape index (κ1) is 15.3. The number of hydrogen-bond donors (Lipinski definition) is 1. The van der Waals surface area contributed by atoms with E-state index in [1.807, 2.05) is 12.3 Å². The normalized spacial score (nSPS) is 19.0. The van der Waals surface area contributed by atoms with Gasteiger partial charge in [0.15, 0.2) is 0 Å². The Morgan fingerprint density at radius 2 is 2.40 bits per heavy atom. The van der Waals surface area contributed by atoms with Gasteiger partial charge in [0, 0.05) is 38.5 Å². The lowest BCUT2D eigenvalue weighted by molar-refractivity contribution is 0.0576. The van der Waals surface area contributed by atoms with Gasteiger partial charge in [-0.1, -0.05) is 13.0 Å². The minimum absolute atomic E-state index is 0.632. The first-order valence-electron chi connectivity index (χ1n) is 7.74. The number of anilines is 1. The zero-order valence-corrected chi connectivity index (χ0v) is 12.8. The Morgan fingerprint density at radius 1 is 1.50 bits per heavy atom. The van der Waals surface area contributed by atoms with Gasteiger partial charge >= 0.3 is 0 Å². The van der Waals surface area contributed by atoms with Gasteiger partial charge in [-0.15, -0.1) is 0 Å². The van der Waals surface area contributed by atoms with E-state index in [-0.39, 0.29) is 0 Å². The van der Waals surface area contributed by atoms with Crippen molar-refractivity contribution < 1.29 is 4.74 Å². The minimum Gasteiger partial charge on any atom is -0.381 e. The molecule has 4 heteroatoms. The molecular weight excluding hydrogens is 250 g/mol. The van der Waals surface area contributed by atoms with Crippen molar-refractivity contribution in [3.05, 3.63) is 23.9 Å². The van der Waals surface area contributed by atoms with E-state index in [0.29, 0.717) is 5.92 Å². The highest BCUT2D eigenvalue weighted by molar-refractivity contribution is 5.45. The monoisotopic (exact) mass is 277 g/mol. The van der Waals surface area contributed by atoms with Crippen LogP contribution in [0.5, 0.6) is 0 Å². The van der Waals surface area contributed by atoms with Crippen LogP contribution in [0.2, 0.25) is 0 Å². The van der Waals surface area contributed by atoms with E-state index in [0.717, 1.165) is 45.1 Å². The third-order valence-electron chi connectivity index (χ3n) is 3.76. The quantitative estimate of drug-likeness (QED) is 0.777. The number of hydrogen-bond acceptors (Lipinski definition) is 4. The summed E-state index contributed by atoms with van der Waals surface area (Å²) in [5, 5.41) is 3.46. The number of rotatable bonds is 7. The molecular formula is C16H27N3O. The highest BCUT2D eigenvalue weighted by Gasteiger charge is 2.17. The van der Waals surface area contributed by atoms with Gasteiger partial charge in [0.25, 0.3) is 0 Å². The predicted octanol–water partition coefficient (Wildman–Crippen LogP) is 2.44. The van der Waals surface area contributed by atoms with E-state index in [4.69, 9.17) is 4.74 Å². The summed E-state index contributed by atoms with van der Waals surface area (Å²) in [5.41, 5.74) is 1.28. The molecule has 2 rings (SSSR count). The van der Waals surface area contributed by atoms with E-state index >= 15 is 0 Å². The van der Waals surface area contributed by atoms with E-state index in [1.54, 1.807) is 0 Å². The van der Waals surface area contributed by atoms with Gasteiger partial charge in [-0.2, -0.15) is 0 Å². The molecule has 0 spiro atoms. The minimum atomic E-state index is 0.632. The third-order valence-corrected chi connectivity index (χ3v) is 3.76. The molecule has 0 bridgehead atoms. The van der Waals surface area contributed by atoms with Crippen molar-refractivity contribution in [3.63, 3.8) is 0 Å². The van der Waals surface area contributed by atoms with Gasteiger partial charge in [0.2, 0.25) is 0 Å². The smallest absolute Gasteiger partial charge is 0.132 e. The van der Waals surface area contributed by atoms with Crippen molar-refractivity contribution in [2.45, 2.75) is 32.7 Å². The van der Waals surface area contributed by atoms with Gasteiger partial charge in [-0.05, 0) is 37.8 Å². The van der Waals surface area contributed by atoms with E-state index in [2.05, 4.69) is 35.2 Å². The zero-order valence-electron chi connectivity index (χ0n) is 12.8. The summed E-state index contributed by atoms with van der Waals surface area (Å²) in [6, 6.07) is 4.18. The van der Waals surface area contributed by atoms with Crippen LogP contribution in [0.25, 0.3) is 0 Å². The Hall–Kier alpha value is -1.13. The molecule has 20 heavy (non-hydrogen) atoms. The lowest BCUT2D eigenvalue weighted by Crippen LogP contribution is -2.32. The van der Waals surface area contributed by atoms with Crippen LogP contribution >= 0.6 is 0 Å². The van der Waals surface area contributed by atoms with E-state index < -0.39 is 0 Å². The highest BCUT2D eigenvalue weighted by Crippen LogP contribution is 2.20. The Labute approximate surface area is 122 Å². The number of aromatic nitrogens is 1. The van der Waals surface area contributed by atoms with Crippen LogP contribution < -0.4 is 10.2 Å². The van der Waals surface area contributed by atoms with Crippen LogP contribution in [-0.4, -0.2) is 38.3 Å². The SMILES string of the molecule is CCCNCc1cccnc1N(C)CC1CCCOC1.